The summed E-state index contributed by atoms with van der Waals surface area (Å²) < 4.78 is 0. The normalized spacial score (nSPS) is 17.0. The van der Waals surface area contributed by atoms with Crippen LogP contribution in [0.3, 0.4) is 0 Å². The summed E-state index contributed by atoms with van der Waals surface area (Å²) in [5.74, 6) is 0. The first-order valence-electron chi connectivity index (χ1n) is 6.32. The number of hydrogen-bond acceptors (Lipinski definition) is 1. The van der Waals surface area contributed by atoms with E-state index in [4.69, 9.17) is 11.6 Å². The van der Waals surface area contributed by atoms with Gasteiger partial charge in [-0.1, -0.05) is 30.5 Å². The summed E-state index contributed by atoms with van der Waals surface area (Å²) in [5, 5.41) is 5.55. The Morgan fingerprint density at radius 2 is 2.12 bits per heavy atom. The zero-order valence-corrected chi connectivity index (χ0v) is 10.6. The lowest BCUT2D eigenvalue weighted by Crippen LogP contribution is -2.25. The van der Waals surface area contributed by atoms with Gasteiger partial charge in [-0.05, 0) is 31.0 Å². The molecule has 0 bridgehead atoms. The molecule has 0 unspecified atom stereocenters. The van der Waals surface area contributed by atoms with Gasteiger partial charge in [0.1, 0.15) is 0 Å². The predicted molar refractivity (Wildman–Crippen MR) is 72.4 cm³/mol. The van der Waals surface area contributed by atoms with E-state index < -0.39 is 0 Å². The van der Waals surface area contributed by atoms with Crippen molar-refractivity contribution in [3.63, 3.8) is 0 Å². The maximum atomic E-state index is 6.16. The Balaban J connectivity index is 1.74. The minimum Gasteiger partial charge on any atom is -0.357 e. The van der Waals surface area contributed by atoms with E-state index in [9.17, 15) is 0 Å². The van der Waals surface area contributed by atoms with Crippen molar-refractivity contribution >= 4 is 22.5 Å². The maximum Gasteiger partial charge on any atom is 0.0499 e. The van der Waals surface area contributed by atoms with Crippen molar-refractivity contribution in [2.24, 2.45) is 0 Å². The van der Waals surface area contributed by atoms with Crippen LogP contribution in [0.2, 0.25) is 5.02 Å². The first kappa shape index (κ1) is 11.1. The van der Waals surface area contributed by atoms with Gasteiger partial charge in [0.05, 0.1) is 0 Å². The van der Waals surface area contributed by atoms with E-state index in [2.05, 4.69) is 22.4 Å². The molecule has 1 heterocycles. The van der Waals surface area contributed by atoms with Gasteiger partial charge in [0, 0.05) is 34.2 Å². The van der Waals surface area contributed by atoms with Crippen molar-refractivity contribution < 1.29 is 0 Å². The quantitative estimate of drug-likeness (QED) is 0.848. The summed E-state index contributed by atoms with van der Waals surface area (Å²) in [4.78, 5) is 3.41. The predicted octanol–water partition coefficient (Wildman–Crippen LogP) is 3.85. The summed E-state index contributed by atoms with van der Waals surface area (Å²) in [7, 11) is 0. The van der Waals surface area contributed by atoms with E-state index in [0.717, 1.165) is 22.5 Å². The number of aromatic amines is 1. The van der Waals surface area contributed by atoms with Gasteiger partial charge in [0.2, 0.25) is 0 Å². The molecule has 2 nitrogen and oxygen atoms in total. The second-order valence-corrected chi connectivity index (χ2v) is 5.27. The molecular weight excluding hydrogens is 232 g/mol. The average molecular weight is 249 g/mol. The molecule has 0 amide bonds. The molecule has 2 N–H and O–H groups in total. The Morgan fingerprint density at radius 1 is 1.29 bits per heavy atom. The number of fused-ring (bicyclic) bond motifs is 1. The molecule has 0 radical (unpaired) electrons. The van der Waals surface area contributed by atoms with E-state index in [1.807, 2.05) is 12.1 Å². The van der Waals surface area contributed by atoms with E-state index in [0.29, 0.717) is 6.04 Å². The number of H-pyrrole nitrogens is 1. The van der Waals surface area contributed by atoms with Gasteiger partial charge in [-0.25, -0.2) is 0 Å². The third kappa shape index (κ3) is 2.33. The molecule has 0 atom stereocenters. The third-order valence-corrected chi connectivity index (χ3v) is 3.93. The van der Waals surface area contributed by atoms with Gasteiger partial charge < -0.3 is 10.3 Å². The second-order valence-electron chi connectivity index (χ2n) is 4.86. The smallest absolute Gasteiger partial charge is 0.0499 e. The molecule has 3 rings (SSSR count). The van der Waals surface area contributed by atoms with Gasteiger partial charge in [-0.2, -0.15) is 0 Å². The fraction of sp³-hybridized carbons (Fsp3) is 0.429. The number of hydrogen-bond donors (Lipinski definition) is 2. The largest absolute Gasteiger partial charge is 0.357 e. The zero-order valence-electron chi connectivity index (χ0n) is 9.80. The monoisotopic (exact) mass is 248 g/mol. The van der Waals surface area contributed by atoms with Crippen LogP contribution in [-0.2, 0) is 6.54 Å². The van der Waals surface area contributed by atoms with Crippen LogP contribution >= 0.6 is 11.6 Å². The highest BCUT2D eigenvalue weighted by atomic mass is 35.5. The molecule has 3 heteroatoms. The first-order chi connectivity index (χ1) is 8.33. The molecule has 17 heavy (non-hydrogen) atoms. The van der Waals surface area contributed by atoms with E-state index in [-0.39, 0.29) is 0 Å². The summed E-state index contributed by atoms with van der Waals surface area (Å²) in [6.07, 6.45) is 5.38. The van der Waals surface area contributed by atoms with Gasteiger partial charge in [-0.3, -0.25) is 0 Å². The third-order valence-electron chi connectivity index (χ3n) is 3.60. The van der Waals surface area contributed by atoms with Crippen LogP contribution in [0.15, 0.2) is 24.3 Å². The molecule has 0 aliphatic heterocycles. The Labute approximate surface area is 106 Å². The van der Waals surface area contributed by atoms with E-state index in [1.165, 1.54) is 31.4 Å². The minimum atomic E-state index is 0.705. The number of rotatable bonds is 3. The lowest BCUT2D eigenvalue weighted by atomic mass is 10.2. The molecule has 0 spiro atoms. The highest BCUT2D eigenvalue weighted by Gasteiger charge is 2.14. The van der Waals surface area contributed by atoms with Crippen LogP contribution in [0.5, 0.6) is 0 Å². The van der Waals surface area contributed by atoms with Crippen molar-refractivity contribution in [2.75, 3.05) is 0 Å². The molecule has 1 fully saturated rings. The van der Waals surface area contributed by atoms with Gasteiger partial charge in [0.15, 0.2) is 0 Å². The van der Waals surface area contributed by atoms with Crippen LogP contribution in [0.4, 0.5) is 0 Å². The topological polar surface area (TPSA) is 27.8 Å². The lowest BCUT2D eigenvalue weighted by Gasteiger charge is -2.10. The van der Waals surface area contributed by atoms with Crippen LogP contribution in [0.25, 0.3) is 10.9 Å². The summed E-state index contributed by atoms with van der Waals surface area (Å²) in [5.41, 5.74) is 2.35. The van der Waals surface area contributed by atoms with Gasteiger partial charge in [0.25, 0.3) is 0 Å². The van der Waals surface area contributed by atoms with Gasteiger partial charge >= 0.3 is 0 Å². The fourth-order valence-corrected chi connectivity index (χ4v) is 2.88. The maximum absolute atomic E-state index is 6.16. The minimum absolute atomic E-state index is 0.705. The SMILES string of the molecule is Clc1cccc2[nH]c(CNC3CCCC3)cc12. The summed E-state index contributed by atoms with van der Waals surface area (Å²) in [6, 6.07) is 8.85. The van der Waals surface area contributed by atoms with Crippen LogP contribution < -0.4 is 5.32 Å². The molecule has 1 saturated carbocycles. The highest BCUT2D eigenvalue weighted by Crippen LogP contribution is 2.24. The molecule has 1 aromatic heterocycles. The Kier molecular flexibility index (Phi) is 3.08. The molecule has 1 aromatic carbocycles. The zero-order chi connectivity index (χ0) is 11.7. The standard InChI is InChI=1S/C14H17ClN2/c15-13-6-3-7-14-12(13)8-11(17-14)9-16-10-4-1-2-5-10/h3,6-8,10,16-17H,1-2,4-5,9H2. The van der Waals surface area contributed by atoms with E-state index in [1.54, 1.807) is 0 Å². The molecular formula is C14H17ClN2. The van der Waals surface area contributed by atoms with Crippen LogP contribution in [0.1, 0.15) is 31.4 Å². The number of aromatic nitrogens is 1. The molecule has 90 valence electrons. The number of halogens is 1. The van der Waals surface area contributed by atoms with Crippen molar-refractivity contribution in [3.05, 3.63) is 35.0 Å². The van der Waals surface area contributed by atoms with Crippen molar-refractivity contribution in [2.45, 2.75) is 38.3 Å². The number of nitrogens with one attached hydrogen (secondary N) is 2. The summed E-state index contributed by atoms with van der Waals surface area (Å²) >= 11 is 6.16. The van der Waals surface area contributed by atoms with Crippen molar-refractivity contribution in [1.29, 1.82) is 0 Å². The van der Waals surface area contributed by atoms with Gasteiger partial charge in [-0.15, -0.1) is 0 Å². The second kappa shape index (κ2) is 4.71. The molecule has 2 aromatic rings. The lowest BCUT2D eigenvalue weighted by molar-refractivity contribution is 0.520. The van der Waals surface area contributed by atoms with Crippen molar-refractivity contribution in [1.82, 2.24) is 10.3 Å². The Bertz CT molecular complexity index is 512. The molecule has 1 aliphatic rings. The summed E-state index contributed by atoms with van der Waals surface area (Å²) in [6.45, 7) is 0.912. The molecule has 0 saturated heterocycles. The Hall–Kier alpha value is -0.990. The number of benzene rings is 1. The molecule has 1 aliphatic carbocycles. The fourth-order valence-electron chi connectivity index (χ4n) is 2.66. The van der Waals surface area contributed by atoms with Crippen LogP contribution in [0, 0.1) is 0 Å². The van der Waals surface area contributed by atoms with Crippen LogP contribution in [-0.4, -0.2) is 11.0 Å². The highest BCUT2D eigenvalue weighted by molar-refractivity contribution is 6.35. The Morgan fingerprint density at radius 3 is 2.88 bits per heavy atom. The van der Waals surface area contributed by atoms with Crippen molar-refractivity contribution in [3.8, 4) is 0 Å². The van der Waals surface area contributed by atoms with E-state index >= 15 is 0 Å². The average Bonchev–Trinajstić information content (AvgIpc) is 2.95. The first-order valence-corrected chi connectivity index (χ1v) is 6.70.